The fourth-order valence-electron chi connectivity index (χ4n) is 5.45. The number of carboxylic acids is 1. The Morgan fingerprint density at radius 3 is 2.23 bits per heavy atom. The third-order valence-corrected chi connectivity index (χ3v) is 7.09. The molecular formula is C28H34N2O5. The summed E-state index contributed by atoms with van der Waals surface area (Å²) in [5.41, 5.74) is 4.67. The van der Waals surface area contributed by atoms with Gasteiger partial charge in [-0.2, -0.15) is 0 Å². The lowest BCUT2D eigenvalue weighted by atomic mass is 9.98. The summed E-state index contributed by atoms with van der Waals surface area (Å²) in [6.07, 6.45) is 2.58. The third-order valence-electron chi connectivity index (χ3n) is 7.09. The zero-order chi connectivity index (χ0) is 24.9. The van der Waals surface area contributed by atoms with Crippen molar-refractivity contribution in [2.45, 2.75) is 64.0 Å². The van der Waals surface area contributed by atoms with Gasteiger partial charge >= 0.3 is 12.1 Å². The molecule has 0 aliphatic heterocycles. The van der Waals surface area contributed by atoms with Gasteiger partial charge in [-0.15, -0.1) is 0 Å². The summed E-state index contributed by atoms with van der Waals surface area (Å²) in [5, 5.41) is 15.0. The van der Waals surface area contributed by atoms with Crippen LogP contribution in [0.4, 0.5) is 4.79 Å². The molecule has 2 amide bonds. The molecule has 7 nitrogen and oxygen atoms in total. The maximum Gasteiger partial charge on any atom is 0.407 e. The number of amides is 2. The van der Waals surface area contributed by atoms with Gasteiger partial charge in [0.05, 0.1) is 0 Å². The molecule has 0 saturated heterocycles. The molecule has 2 aliphatic carbocycles. The fourth-order valence-corrected chi connectivity index (χ4v) is 5.45. The minimum absolute atomic E-state index is 0.00721. The molecule has 0 radical (unpaired) electrons. The van der Waals surface area contributed by atoms with E-state index in [1.54, 1.807) is 0 Å². The van der Waals surface area contributed by atoms with E-state index in [1.165, 1.54) is 11.1 Å². The smallest absolute Gasteiger partial charge is 0.407 e. The molecule has 3 unspecified atom stereocenters. The SMILES string of the molecule is CC(C)CC(NC(=O)CC1CCCC1NC(=O)OCC1c2ccccc2-c2ccccc21)C(=O)O. The molecule has 2 aromatic carbocycles. The number of hydrogen-bond donors (Lipinski definition) is 3. The number of carbonyl (C=O) groups is 3. The number of nitrogens with one attached hydrogen (secondary N) is 2. The molecule has 0 bridgehead atoms. The van der Waals surface area contributed by atoms with E-state index in [1.807, 2.05) is 38.1 Å². The molecule has 0 heterocycles. The third kappa shape index (κ3) is 5.84. The first-order chi connectivity index (χ1) is 16.8. The number of carbonyl (C=O) groups excluding carboxylic acids is 2. The Kier molecular flexibility index (Phi) is 7.73. The lowest BCUT2D eigenvalue weighted by molar-refractivity contribution is -0.142. The Morgan fingerprint density at radius 2 is 1.63 bits per heavy atom. The second-order valence-electron chi connectivity index (χ2n) is 10.1. The number of alkyl carbamates (subject to hydrolysis) is 1. The molecule has 1 fully saturated rings. The molecule has 3 atom stereocenters. The highest BCUT2D eigenvalue weighted by molar-refractivity contribution is 5.83. The van der Waals surface area contributed by atoms with Crippen molar-refractivity contribution in [1.29, 1.82) is 0 Å². The summed E-state index contributed by atoms with van der Waals surface area (Å²) in [7, 11) is 0. The number of rotatable bonds is 9. The Balaban J connectivity index is 1.31. The highest BCUT2D eigenvalue weighted by Gasteiger charge is 2.33. The molecular weight excluding hydrogens is 444 g/mol. The van der Waals surface area contributed by atoms with Crippen LogP contribution in [0.15, 0.2) is 48.5 Å². The lowest BCUT2D eigenvalue weighted by Gasteiger charge is -2.23. The monoisotopic (exact) mass is 478 g/mol. The van der Waals surface area contributed by atoms with Crippen LogP contribution < -0.4 is 10.6 Å². The van der Waals surface area contributed by atoms with Crippen LogP contribution in [0, 0.1) is 11.8 Å². The minimum Gasteiger partial charge on any atom is -0.480 e. The first kappa shape index (κ1) is 24.8. The van der Waals surface area contributed by atoms with Crippen molar-refractivity contribution in [3.63, 3.8) is 0 Å². The van der Waals surface area contributed by atoms with Gasteiger partial charge in [0, 0.05) is 18.4 Å². The van der Waals surface area contributed by atoms with Crippen molar-refractivity contribution >= 4 is 18.0 Å². The van der Waals surface area contributed by atoms with Crippen molar-refractivity contribution < 1.29 is 24.2 Å². The Labute approximate surface area is 206 Å². The predicted octanol–water partition coefficient (Wildman–Crippen LogP) is 4.70. The molecule has 2 aliphatic rings. The average molecular weight is 479 g/mol. The van der Waals surface area contributed by atoms with E-state index in [0.29, 0.717) is 6.42 Å². The average Bonchev–Trinajstić information content (AvgIpc) is 3.38. The van der Waals surface area contributed by atoms with Gasteiger partial charge in [0.2, 0.25) is 5.91 Å². The second-order valence-corrected chi connectivity index (χ2v) is 10.1. The van der Waals surface area contributed by atoms with Crippen molar-refractivity contribution in [3.8, 4) is 11.1 Å². The lowest BCUT2D eigenvalue weighted by Crippen LogP contribution is -2.44. The molecule has 3 N–H and O–H groups in total. The summed E-state index contributed by atoms with van der Waals surface area (Å²) >= 11 is 0. The normalized spacial score (nSPS) is 19.6. The van der Waals surface area contributed by atoms with Crippen LogP contribution >= 0.6 is 0 Å². The number of ether oxygens (including phenoxy) is 1. The van der Waals surface area contributed by atoms with Crippen molar-refractivity contribution in [2.75, 3.05) is 6.61 Å². The first-order valence-electron chi connectivity index (χ1n) is 12.5. The number of fused-ring (bicyclic) bond motifs is 3. The van der Waals surface area contributed by atoms with Crippen LogP contribution in [0.5, 0.6) is 0 Å². The summed E-state index contributed by atoms with van der Waals surface area (Å²) < 4.78 is 5.67. The summed E-state index contributed by atoms with van der Waals surface area (Å²) in [6.45, 7) is 4.09. The predicted molar refractivity (Wildman–Crippen MR) is 133 cm³/mol. The van der Waals surface area contributed by atoms with Crippen LogP contribution in [0.25, 0.3) is 11.1 Å². The maximum atomic E-state index is 12.7. The van der Waals surface area contributed by atoms with E-state index in [4.69, 9.17) is 4.74 Å². The van der Waals surface area contributed by atoms with Gasteiger partial charge in [-0.05, 0) is 53.4 Å². The van der Waals surface area contributed by atoms with Crippen molar-refractivity contribution in [1.82, 2.24) is 10.6 Å². The zero-order valence-electron chi connectivity index (χ0n) is 20.3. The number of aliphatic carboxylic acids is 1. The van der Waals surface area contributed by atoms with Crippen molar-refractivity contribution in [2.24, 2.45) is 11.8 Å². The minimum atomic E-state index is -1.02. The quantitative estimate of drug-likeness (QED) is 0.485. The summed E-state index contributed by atoms with van der Waals surface area (Å²) in [6, 6.07) is 15.3. The maximum absolute atomic E-state index is 12.7. The zero-order valence-corrected chi connectivity index (χ0v) is 20.3. The number of benzene rings is 2. The van der Waals surface area contributed by atoms with Gasteiger partial charge in [0.15, 0.2) is 0 Å². The molecule has 35 heavy (non-hydrogen) atoms. The highest BCUT2D eigenvalue weighted by Crippen LogP contribution is 2.44. The van der Waals surface area contributed by atoms with Crippen LogP contribution in [0.3, 0.4) is 0 Å². The van der Waals surface area contributed by atoms with E-state index in [9.17, 15) is 19.5 Å². The van der Waals surface area contributed by atoms with Crippen molar-refractivity contribution in [3.05, 3.63) is 59.7 Å². The van der Waals surface area contributed by atoms with Gasteiger partial charge < -0.3 is 20.5 Å². The van der Waals surface area contributed by atoms with E-state index in [2.05, 4.69) is 34.9 Å². The number of hydrogen-bond acceptors (Lipinski definition) is 4. The van der Waals surface area contributed by atoms with E-state index >= 15 is 0 Å². The van der Waals surface area contributed by atoms with E-state index < -0.39 is 18.1 Å². The van der Waals surface area contributed by atoms with Gasteiger partial charge in [-0.3, -0.25) is 4.79 Å². The molecule has 0 aromatic heterocycles. The van der Waals surface area contributed by atoms with Gasteiger partial charge in [0.1, 0.15) is 12.6 Å². The van der Waals surface area contributed by atoms with Crippen LogP contribution in [-0.4, -0.2) is 41.8 Å². The van der Waals surface area contributed by atoms with Crippen LogP contribution in [0.1, 0.15) is 63.0 Å². The van der Waals surface area contributed by atoms with Gasteiger partial charge in [0.25, 0.3) is 0 Å². The van der Waals surface area contributed by atoms with Gasteiger partial charge in [-0.1, -0.05) is 68.8 Å². The molecule has 0 spiro atoms. The van der Waals surface area contributed by atoms with Crippen LogP contribution in [-0.2, 0) is 14.3 Å². The molecule has 1 saturated carbocycles. The summed E-state index contributed by atoms with van der Waals surface area (Å²) in [5.74, 6) is -1.20. The molecule has 7 heteroatoms. The topological polar surface area (TPSA) is 105 Å². The number of carboxylic acid groups (broad SMARTS) is 1. The second kappa shape index (κ2) is 10.9. The standard InChI is InChI=1S/C28H34N2O5/c1-17(2)14-25(27(32)33)29-26(31)15-18-8-7-13-24(18)30-28(34)35-16-23-21-11-5-3-9-19(21)20-10-4-6-12-22(20)23/h3-6,9-12,17-18,23-25H,7-8,13-16H2,1-2H3,(H,29,31)(H,30,34)(H,32,33). The van der Waals surface area contributed by atoms with Gasteiger partial charge in [-0.25, -0.2) is 9.59 Å². The van der Waals surface area contributed by atoms with Crippen LogP contribution in [0.2, 0.25) is 0 Å². The van der Waals surface area contributed by atoms with E-state index in [-0.39, 0.29) is 42.7 Å². The summed E-state index contributed by atoms with van der Waals surface area (Å²) in [4.78, 5) is 36.7. The molecule has 186 valence electrons. The first-order valence-corrected chi connectivity index (χ1v) is 12.5. The Bertz CT molecular complexity index is 1040. The Hall–Kier alpha value is -3.35. The highest BCUT2D eigenvalue weighted by atomic mass is 16.5. The van der Waals surface area contributed by atoms with E-state index in [0.717, 1.165) is 30.4 Å². The fraction of sp³-hybridized carbons (Fsp3) is 0.464. The largest absolute Gasteiger partial charge is 0.480 e. The Morgan fingerprint density at radius 1 is 1.00 bits per heavy atom. The molecule has 2 aromatic rings. The molecule has 4 rings (SSSR count).